The summed E-state index contributed by atoms with van der Waals surface area (Å²) >= 11 is 6.06. The minimum absolute atomic E-state index is 0. The number of nitrogens with one attached hydrogen (secondary N) is 1. The molecule has 0 spiro atoms. The lowest BCUT2D eigenvalue weighted by atomic mass is 9.86. The maximum atomic E-state index is 15.2. The monoisotopic (exact) mass is 628 g/mol. The van der Waals surface area contributed by atoms with Gasteiger partial charge in [-0.1, -0.05) is 38.4 Å². The van der Waals surface area contributed by atoms with Crippen LogP contribution in [0.4, 0.5) is 4.39 Å². The molecule has 11 heteroatoms. The van der Waals surface area contributed by atoms with Crippen molar-refractivity contribution in [2.45, 2.75) is 90.9 Å². The van der Waals surface area contributed by atoms with E-state index in [1.807, 2.05) is 39.5 Å². The standard InChI is InChI=1S/C31H46ClFN4O4.ClH/c1-19-16-37(30(40)28(34-21(3)38)14-31(4,5)6)20(2)15-36(19)29(39)26-18-35(23-9-11-41-12-10-23)17-25(26)24-8-7-22(32)13-27(24)33;/h7-8,13,19-20,23,25-26,28H,9-12,14-18H2,1-6H3,(H,34,38);1H/t19-,20+,25-,26+,28-;/m0./s1. The number of hydrogen-bond acceptors (Lipinski definition) is 5. The molecular formula is C31H47Cl2FN4O4. The van der Waals surface area contributed by atoms with Crippen molar-refractivity contribution in [1.29, 1.82) is 0 Å². The molecular weight excluding hydrogens is 582 g/mol. The van der Waals surface area contributed by atoms with Gasteiger partial charge in [-0.15, -0.1) is 12.4 Å². The van der Waals surface area contributed by atoms with Gasteiger partial charge in [0.25, 0.3) is 0 Å². The fourth-order valence-corrected chi connectivity index (χ4v) is 6.92. The first-order valence-electron chi connectivity index (χ1n) is 14.9. The number of piperazine rings is 1. The number of benzene rings is 1. The highest BCUT2D eigenvalue weighted by Crippen LogP contribution is 2.39. The predicted molar refractivity (Wildman–Crippen MR) is 164 cm³/mol. The number of halogens is 3. The Labute approximate surface area is 261 Å². The van der Waals surface area contributed by atoms with Gasteiger partial charge in [-0.05, 0) is 56.2 Å². The first-order chi connectivity index (χ1) is 19.2. The predicted octanol–water partition coefficient (Wildman–Crippen LogP) is 4.48. The molecule has 8 nitrogen and oxygen atoms in total. The SMILES string of the molecule is CC(=O)N[C@@H](CC(C)(C)C)C(=O)N1C[C@H](C)N(C(=O)[C@@H]2CN(C3CCOCC3)C[C@H]2c2ccc(Cl)cc2F)C[C@H]1C.Cl. The molecule has 5 atom stereocenters. The molecule has 0 aromatic heterocycles. The molecule has 3 heterocycles. The lowest BCUT2D eigenvalue weighted by Crippen LogP contribution is -2.63. The molecule has 3 fully saturated rings. The first-order valence-corrected chi connectivity index (χ1v) is 15.3. The third-order valence-electron chi connectivity index (χ3n) is 8.78. The Morgan fingerprint density at radius 3 is 2.26 bits per heavy atom. The normalized spacial score (nSPS) is 26.5. The van der Waals surface area contributed by atoms with Crippen LogP contribution in [0.3, 0.4) is 0 Å². The van der Waals surface area contributed by atoms with Crippen molar-refractivity contribution < 1.29 is 23.5 Å². The largest absolute Gasteiger partial charge is 0.381 e. The molecule has 3 amide bonds. The number of ether oxygens (including phenoxy) is 1. The van der Waals surface area contributed by atoms with Crippen LogP contribution >= 0.6 is 24.0 Å². The summed E-state index contributed by atoms with van der Waals surface area (Å²) < 4.78 is 20.8. The number of likely N-dealkylation sites (tertiary alicyclic amines) is 1. The third kappa shape index (κ3) is 8.16. The van der Waals surface area contributed by atoms with E-state index in [1.54, 1.807) is 17.0 Å². The van der Waals surface area contributed by atoms with Crippen LogP contribution in [0.5, 0.6) is 0 Å². The molecule has 0 radical (unpaired) electrons. The summed E-state index contributed by atoms with van der Waals surface area (Å²) in [5.74, 6) is -1.43. The summed E-state index contributed by atoms with van der Waals surface area (Å²) in [6.07, 6.45) is 2.31. The van der Waals surface area contributed by atoms with Gasteiger partial charge < -0.3 is 19.9 Å². The van der Waals surface area contributed by atoms with Gasteiger partial charge >= 0.3 is 0 Å². The Balaban J connectivity index is 0.00000484. The number of rotatable bonds is 6. The Hall–Kier alpha value is -1.94. The van der Waals surface area contributed by atoms with E-state index in [-0.39, 0.29) is 59.4 Å². The third-order valence-corrected chi connectivity index (χ3v) is 9.01. The van der Waals surface area contributed by atoms with E-state index in [0.717, 1.165) is 12.8 Å². The summed E-state index contributed by atoms with van der Waals surface area (Å²) in [6.45, 7) is 14.8. The molecule has 3 aliphatic heterocycles. The molecule has 1 aromatic carbocycles. The Morgan fingerprint density at radius 1 is 1.05 bits per heavy atom. The Kier molecular flexibility index (Phi) is 11.7. The number of nitrogens with zero attached hydrogens (tertiary/aromatic N) is 3. The van der Waals surface area contributed by atoms with Gasteiger partial charge in [-0.2, -0.15) is 0 Å². The van der Waals surface area contributed by atoms with Gasteiger partial charge in [0.2, 0.25) is 17.7 Å². The number of carbonyl (C=O) groups is 3. The van der Waals surface area contributed by atoms with E-state index >= 15 is 4.39 Å². The molecule has 42 heavy (non-hydrogen) atoms. The van der Waals surface area contributed by atoms with Crippen LogP contribution in [0, 0.1) is 17.2 Å². The topological polar surface area (TPSA) is 82.2 Å². The summed E-state index contributed by atoms with van der Waals surface area (Å²) in [4.78, 5) is 45.8. The van der Waals surface area contributed by atoms with Gasteiger partial charge in [0, 0.05) is 75.4 Å². The molecule has 4 rings (SSSR count). The van der Waals surface area contributed by atoms with Crippen LogP contribution < -0.4 is 5.32 Å². The summed E-state index contributed by atoms with van der Waals surface area (Å²) in [5.41, 5.74) is 0.373. The van der Waals surface area contributed by atoms with Crippen molar-refractivity contribution in [3.63, 3.8) is 0 Å². The highest BCUT2D eigenvalue weighted by atomic mass is 35.5. The van der Waals surface area contributed by atoms with E-state index in [1.165, 1.54) is 13.0 Å². The van der Waals surface area contributed by atoms with Crippen LogP contribution in [-0.2, 0) is 19.1 Å². The van der Waals surface area contributed by atoms with Gasteiger partial charge in [-0.3, -0.25) is 19.3 Å². The summed E-state index contributed by atoms with van der Waals surface area (Å²) in [7, 11) is 0. The molecule has 0 bridgehead atoms. The lowest BCUT2D eigenvalue weighted by molar-refractivity contribution is -0.150. The van der Waals surface area contributed by atoms with Crippen LogP contribution in [0.25, 0.3) is 0 Å². The second-order valence-electron chi connectivity index (χ2n) is 13.4. The van der Waals surface area contributed by atoms with E-state index in [0.29, 0.717) is 62.4 Å². The maximum absolute atomic E-state index is 15.2. The average molecular weight is 630 g/mol. The van der Waals surface area contributed by atoms with Gasteiger partial charge in [0.15, 0.2) is 0 Å². The summed E-state index contributed by atoms with van der Waals surface area (Å²) in [6, 6.07) is 3.98. The van der Waals surface area contributed by atoms with Crippen molar-refractivity contribution in [3.8, 4) is 0 Å². The minimum atomic E-state index is -0.621. The van der Waals surface area contributed by atoms with E-state index < -0.39 is 12.0 Å². The number of carbonyl (C=O) groups excluding carboxylic acids is 3. The number of hydrogen-bond donors (Lipinski definition) is 1. The van der Waals surface area contributed by atoms with Crippen molar-refractivity contribution in [2.24, 2.45) is 11.3 Å². The van der Waals surface area contributed by atoms with Gasteiger partial charge in [0.1, 0.15) is 11.9 Å². The lowest BCUT2D eigenvalue weighted by Gasteiger charge is -2.46. The second-order valence-corrected chi connectivity index (χ2v) is 13.8. The second kappa shape index (κ2) is 14.2. The molecule has 0 saturated carbocycles. The van der Waals surface area contributed by atoms with Crippen molar-refractivity contribution in [2.75, 3.05) is 39.4 Å². The van der Waals surface area contributed by atoms with Crippen molar-refractivity contribution in [3.05, 3.63) is 34.6 Å². The number of amides is 3. The fourth-order valence-electron chi connectivity index (χ4n) is 6.76. The van der Waals surface area contributed by atoms with Crippen LogP contribution in [0.15, 0.2) is 18.2 Å². The van der Waals surface area contributed by atoms with E-state index in [9.17, 15) is 14.4 Å². The summed E-state index contributed by atoms with van der Waals surface area (Å²) in [5, 5.41) is 3.18. The molecule has 1 N–H and O–H groups in total. The van der Waals surface area contributed by atoms with Gasteiger partial charge in [0.05, 0.1) is 5.92 Å². The average Bonchev–Trinajstić information content (AvgIpc) is 3.33. The van der Waals surface area contributed by atoms with E-state index in [2.05, 4.69) is 10.2 Å². The van der Waals surface area contributed by atoms with E-state index in [4.69, 9.17) is 16.3 Å². The van der Waals surface area contributed by atoms with Gasteiger partial charge in [-0.25, -0.2) is 4.39 Å². The van der Waals surface area contributed by atoms with Crippen molar-refractivity contribution in [1.82, 2.24) is 20.0 Å². The maximum Gasteiger partial charge on any atom is 0.245 e. The molecule has 3 saturated heterocycles. The molecule has 0 unspecified atom stereocenters. The molecule has 1 aromatic rings. The fraction of sp³-hybridized carbons (Fsp3) is 0.710. The minimum Gasteiger partial charge on any atom is -0.381 e. The van der Waals surface area contributed by atoms with Crippen LogP contribution in [0.1, 0.15) is 72.3 Å². The highest BCUT2D eigenvalue weighted by Gasteiger charge is 2.46. The first kappa shape index (κ1) is 34.5. The zero-order valence-electron chi connectivity index (χ0n) is 25.7. The van der Waals surface area contributed by atoms with Crippen molar-refractivity contribution >= 4 is 41.7 Å². The smallest absolute Gasteiger partial charge is 0.245 e. The zero-order chi connectivity index (χ0) is 30.1. The molecule has 236 valence electrons. The molecule has 3 aliphatic rings. The Bertz CT molecular complexity index is 1130. The zero-order valence-corrected chi connectivity index (χ0v) is 27.3. The van der Waals surface area contributed by atoms with Crippen LogP contribution in [0.2, 0.25) is 5.02 Å². The van der Waals surface area contributed by atoms with Crippen LogP contribution in [-0.4, -0.2) is 96.0 Å². The highest BCUT2D eigenvalue weighted by molar-refractivity contribution is 6.30. The molecule has 0 aliphatic carbocycles. The quantitative estimate of drug-likeness (QED) is 0.502. The Morgan fingerprint density at radius 2 is 1.67 bits per heavy atom.